The lowest BCUT2D eigenvalue weighted by Crippen LogP contribution is -2.22. The molecular formula is C11H12N4O3. The second kappa shape index (κ2) is 4.82. The normalized spacial score (nSPS) is 10.5. The Bertz CT molecular complexity index is 629. The van der Waals surface area contributed by atoms with E-state index in [9.17, 15) is 9.59 Å². The Hall–Kier alpha value is -2.44. The summed E-state index contributed by atoms with van der Waals surface area (Å²) in [5.41, 5.74) is -0.206. The van der Waals surface area contributed by atoms with Gasteiger partial charge in [-0.2, -0.15) is 0 Å². The van der Waals surface area contributed by atoms with Gasteiger partial charge in [-0.1, -0.05) is 0 Å². The van der Waals surface area contributed by atoms with Crippen LogP contribution in [0.25, 0.3) is 0 Å². The van der Waals surface area contributed by atoms with E-state index in [0.29, 0.717) is 12.4 Å². The highest BCUT2D eigenvalue weighted by molar-refractivity contribution is 5.87. The predicted octanol–water partition coefficient (Wildman–Crippen LogP) is 0.206. The van der Waals surface area contributed by atoms with Crippen molar-refractivity contribution in [1.82, 2.24) is 19.3 Å². The molecule has 2 aromatic heterocycles. The summed E-state index contributed by atoms with van der Waals surface area (Å²) in [5.74, 6) is -0.456. The van der Waals surface area contributed by atoms with E-state index in [1.165, 1.54) is 22.9 Å². The molecule has 2 aromatic rings. The molecule has 0 spiro atoms. The molecule has 0 aliphatic heterocycles. The van der Waals surface area contributed by atoms with Crippen LogP contribution in [-0.2, 0) is 13.1 Å². The van der Waals surface area contributed by atoms with Gasteiger partial charge in [0, 0.05) is 18.8 Å². The lowest BCUT2D eigenvalue weighted by Gasteiger charge is -2.07. The minimum atomic E-state index is -1.07. The van der Waals surface area contributed by atoms with Crippen molar-refractivity contribution < 1.29 is 9.90 Å². The molecule has 7 nitrogen and oxygen atoms in total. The van der Waals surface area contributed by atoms with Crippen LogP contribution in [0.15, 0.2) is 29.5 Å². The summed E-state index contributed by atoms with van der Waals surface area (Å²) in [6, 6.07) is 2.52. The zero-order chi connectivity index (χ0) is 13.1. The molecule has 0 aliphatic rings. The predicted molar refractivity (Wildman–Crippen MR) is 62.5 cm³/mol. The average Bonchev–Trinajstić information content (AvgIpc) is 2.79. The average molecular weight is 248 g/mol. The van der Waals surface area contributed by atoms with Crippen molar-refractivity contribution in [3.05, 3.63) is 46.4 Å². The third kappa shape index (κ3) is 2.29. The van der Waals surface area contributed by atoms with E-state index < -0.39 is 5.97 Å². The van der Waals surface area contributed by atoms with E-state index in [0.717, 1.165) is 0 Å². The minimum Gasteiger partial charge on any atom is -0.478 e. The number of aromatic carboxylic acids is 1. The van der Waals surface area contributed by atoms with Gasteiger partial charge < -0.3 is 14.2 Å². The number of carbonyl (C=O) groups is 1. The fourth-order valence-electron chi connectivity index (χ4n) is 1.60. The number of nitrogens with zero attached hydrogens (tertiary/aromatic N) is 4. The van der Waals surface area contributed by atoms with Gasteiger partial charge in [0.05, 0.1) is 12.1 Å². The summed E-state index contributed by atoms with van der Waals surface area (Å²) in [6.45, 7) is 2.83. The fourth-order valence-corrected chi connectivity index (χ4v) is 1.60. The number of hydrogen-bond acceptors (Lipinski definition) is 4. The highest BCUT2D eigenvalue weighted by atomic mass is 16.4. The van der Waals surface area contributed by atoms with E-state index in [2.05, 4.69) is 10.2 Å². The molecule has 0 atom stereocenters. The van der Waals surface area contributed by atoms with Crippen LogP contribution in [-0.4, -0.2) is 30.4 Å². The van der Waals surface area contributed by atoms with Crippen LogP contribution in [0.3, 0.4) is 0 Å². The number of aryl methyl sites for hydroxylation is 1. The number of carboxylic acids is 1. The molecule has 0 saturated heterocycles. The molecule has 94 valence electrons. The maximum Gasteiger partial charge on any atom is 0.337 e. The van der Waals surface area contributed by atoms with Crippen LogP contribution in [0.4, 0.5) is 0 Å². The third-order valence-corrected chi connectivity index (χ3v) is 2.58. The minimum absolute atomic E-state index is 0.0668. The molecule has 7 heteroatoms. The Kier molecular flexibility index (Phi) is 3.22. The monoisotopic (exact) mass is 248 g/mol. The van der Waals surface area contributed by atoms with Crippen molar-refractivity contribution in [1.29, 1.82) is 0 Å². The van der Waals surface area contributed by atoms with Crippen LogP contribution in [0.1, 0.15) is 23.1 Å². The molecule has 0 radical (unpaired) electrons. The number of rotatable bonds is 4. The van der Waals surface area contributed by atoms with Crippen LogP contribution >= 0.6 is 0 Å². The highest BCUT2D eigenvalue weighted by Crippen LogP contribution is 2.00. The summed E-state index contributed by atoms with van der Waals surface area (Å²) >= 11 is 0. The largest absolute Gasteiger partial charge is 0.478 e. The third-order valence-electron chi connectivity index (χ3n) is 2.58. The van der Waals surface area contributed by atoms with Gasteiger partial charge in [-0.15, -0.1) is 10.2 Å². The molecule has 0 aliphatic carbocycles. The lowest BCUT2D eigenvalue weighted by atomic mass is 10.3. The molecule has 2 rings (SSSR count). The quantitative estimate of drug-likeness (QED) is 0.835. The van der Waals surface area contributed by atoms with Crippen LogP contribution in [0.5, 0.6) is 0 Å². The van der Waals surface area contributed by atoms with E-state index in [1.807, 2.05) is 6.92 Å². The van der Waals surface area contributed by atoms with Crippen molar-refractivity contribution in [2.75, 3.05) is 0 Å². The number of hydrogen-bond donors (Lipinski definition) is 1. The van der Waals surface area contributed by atoms with Crippen LogP contribution in [0.2, 0.25) is 0 Å². The summed E-state index contributed by atoms with van der Waals surface area (Å²) in [7, 11) is 0. The molecular weight excluding hydrogens is 236 g/mol. The van der Waals surface area contributed by atoms with E-state index in [4.69, 9.17) is 5.11 Å². The summed E-state index contributed by atoms with van der Waals surface area (Å²) in [6.07, 6.45) is 2.88. The summed E-state index contributed by atoms with van der Waals surface area (Å²) in [4.78, 5) is 22.5. The highest BCUT2D eigenvalue weighted by Gasteiger charge is 2.08. The summed E-state index contributed by atoms with van der Waals surface area (Å²) in [5, 5.41) is 16.5. The Labute approximate surface area is 102 Å². The van der Waals surface area contributed by atoms with Gasteiger partial charge in [0.25, 0.3) is 5.56 Å². The SMILES string of the molecule is CCn1cnnc1Cn1cc(C(=O)O)ccc1=O. The van der Waals surface area contributed by atoms with Crippen molar-refractivity contribution in [2.45, 2.75) is 20.0 Å². The molecule has 0 fully saturated rings. The molecule has 0 aromatic carbocycles. The Morgan fingerprint density at radius 1 is 1.39 bits per heavy atom. The number of pyridine rings is 1. The molecule has 2 heterocycles. The van der Waals surface area contributed by atoms with Crippen molar-refractivity contribution >= 4 is 5.97 Å². The van der Waals surface area contributed by atoms with Crippen LogP contribution < -0.4 is 5.56 Å². The van der Waals surface area contributed by atoms with Gasteiger partial charge in [-0.3, -0.25) is 4.79 Å². The van der Waals surface area contributed by atoms with Crippen LogP contribution in [0, 0.1) is 0 Å². The number of carboxylic acid groups (broad SMARTS) is 1. The van der Waals surface area contributed by atoms with Gasteiger partial charge in [-0.05, 0) is 13.0 Å². The molecule has 0 saturated carbocycles. The second-order valence-electron chi connectivity index (χ2n) is 3.72. The smallest absolute Gasteiger partial charge is 0.337 e. The van der Waals surface area contributed by atoms with Gasteiger partial charge in [-0.25, -0.2) is 4.79 Å². The van der Waals surface area contributed by atoms with E-state index in [1.54, 1.807) is 10.9 Å². The zero-order valence-corrected chi connectivity index (χ0v) is 9.78. The van der Waals surface area contributed by atoms with E-state index >= 15 is 0 Å². The first kappa shape index (κ1) is 12.0. The Morgan fingerprint density at radius 2 is 2.17 bits per heavy atom. The maximum atomic E-state index is 11.6. The molecule has 0 unspecified atom stereocenters. The Morgan fingerprint density at radius 3 is 2.83 bits per heavy atom. The van der Waals surface area contributed by atoms with E-state index in [-0.39, 0.29) is 17.7 Å². The second-order valence-corrected chi connectivity index (χ2v) is 3.72. The van der Waals surface area contributed by atoms with Gasteiger partial charge >= 0.3 is 5.97 Å². The lowest BCUT2D eigenvalue weighted by molar-refractivity contribution is 0.0696. The molecule has 0 bridgehead atoms. The van der Waals surface area contributed by atoms with Gasteiger partial charge in [0.15, 0.2) is 5.82 Å². The first-order valence-corrected chi connectivity index (χ1v) is 5.42. The van der Waals surface area contributed by atoms with Crippen molar-refractivity contribution in [3.63, 3.8) is 0 Å². The standard InChI is InChI=1S/C11H12N4O3/c1-2-14-7-12-13-9(14)6-15-5-8(11(17)18)3-4-10(15)16/h3-5,7H,2,6H2,1H3,(H,17,18). The zero-order valence-electron chi connectivity index (χ0n) is 9.78. The molecule has 0 amide bonds. The van der Waals surface area contributed by atoms with Crippen molar-refractivity contribution in [2.24, 2.45) is 0 Å². The molecule has 1 N–H and O–H groups in total. The topological polar surface area (TPSA) is 90.0 Å². The van der Waals surface area contributed by atoms with Gasteiger partial charge in [0.2, 0.25) is 0 Å². The summed E-state index contributed by atoms with van der Waals surface area (Å²) < 4.78 is 3.10. The maximum absolute atomic E-state index is 11.6. The van der Waals surface area contributed by atoms with Crippen molar-refractivity contribution in [3.8, 4) is 0 Å². The Balaban J connectivity index is 2.37. The first-order chi connectivity index (χ1) is 8.61. The van der Waals surface area contributed by atoms with Gasteiger partial charge in [0.1, 0.15) is 6.33 Å². The first-order valence-electron chi connectivity index (χ1n) is 5.42. The number of aromatic nitrogens is 4. The molecule has 18 heavy (non-hydrogen) atoms. The fraction of sp³-hybridized carbons (Fsp3) is 0.273.